The molecule has 7 nitrogen and oxygen atoms in total. The molecule has 25 heavy (non-hydrogen) atoms. The molecule has 134 valence electrons. The van der Waals surface area contributed by atoms with Gasteiger partial charge in [0.25, 0.3) is 11.8 Å². The number of benzene rings is 1. The fraction of sp³-hybridized carbons (Fsp3) is 0.353. The molecule has 0 bridgehead atoms. The van der Waals surface area contributed by atoms with Crippen molar-refractivity contribution in [3.8, 4) is 5.75 Å². The molecule has 0 fully saturated rings. The quantitative estimate of drug-likeness (QED) is 0.809. The largest absolute Gasteiger partial charge is 0.481 e. The molecule has 1 heterocycles. The third kappa shape index (κ3) is 4.56. The molecule has 0 aliphatic heterocycles. The van der Waals surface area contributed by atoms with Gasteiger partial charge in [0.2, 0.25) is 0 Å². The molecule has 0 unspecified atom stereocenters. The second kappa shape index (κ2) is 7.78. The number of rotatable bonds is 5. The molecule has 0 saturated heterocycles. The summed E-state index contributed by atoms with van der Waals surface area (Å²) >= 11 is 0. The van der Waals surface area contributed by atoms with Crippen LogP contribution in [0.25, 0.3) is 0 Å². The van der Waals surface area contributed by atoms with Crippen molar-refractivity contribution in [2.45, 2.75) is 39.7 Å². The fourth-order valence-electron chi connectivity index (χ4n) is 2.11. The van der Waals surface area contributed by atoms with Crippen molar-refractivity contribution in [2.24, 2.45) is 0 Å². The Morgan fingerprint density at radius 1 is 1.16 bits per heavy atom. The van der Waals surface area contributed by atoms with E-state index in [1.54, 1.807) is 6.92 Å². The Morgan fingerprint density at radius 2 is 1.80 bits per heavy atom. The van der Waals surface area contributed by atoms with Gasteiger partial charge in [-0.3, -0.25) is 20.4 Å². The lowest BCUT2D eigenvalue weighted by molar-refractivity contribution is -0.128. The molecule has 0 aliphatic rings. The van der Waals surface area contributed by atoms with Crippen molar-refractivity contribution in [3.05, 3.63) is 47.1 Å². The van der Waals surface area contributed by atoms with E-state index in [0.29, 0.717) is 22.8 Å². The van der Waals surface area contributed by atoms with Gasteiger partial charge in [-0.2, -0.15) is 0 Å². The summed E-state index contributed by atoms with van der Waals surface area (Å²) in [4.78, 5) is 24.3. The number of hydrogen-bond donors (Lipinski definition) is 2. The minimum atomic E-state index is -0.890. The van der Waals surface area contributed by atoms with Crippen LogP contribution in [0.1, 0.15) is 48.5 Å². The van der Waals surface area contributed by atoms with Crippen LogP contribution >= 0.6 is 0 Å². The smallest absolute Gasteiger partial charge is 0.279 e. The van der Waals surface area contributed by atoms with Gasteiger partial charge in [-0.25, -0.2) is 4.39 Å². The number of nitrogens with zero attached hydrogens (tertiary/aromatic N) is 1. The van der Waals surface area contributed by atoms with Crippen LogP contribution in [0.15, 0.2) is 28.8 Å². The molecule has 0 saturated carbocycles. The number of nitrogens with one attached hydrogen (secondary N) is 2. The van der Waals surface area contributed by atoms with Crippen LogP contribution in [0.3, 0.4) is 0 Å². The van der Waals surface area contributed by atoms with Crippen molar-refractivity contribution < 1.29 is 23.2 Å². The van der Waals surface area contributed by atoms with Gasteiger partial charge in [0.1, 0.15) is 17.1 Å². The minimum absolute atomic E-state index is 0.0293. The van der Waals surface area contributed by atoms with Gasteiger partial charge in [-0.15, -0.1) is 0 Å². The summed E-state index contributed by atoms with van der Waals surface area (Å²) in [7, 11) is 0. The molecule has 2 amide bonds. The highest BCUT2D eigenvalue weighted by Gasteiger charge is 2.23. The summed E-state index contributed by atoms with van der Waals surface area (Å²) in [5, 5.41) is 3.78. The monoisotopic (exact) mass is 349 g/mol. The van der Waals surface area contributed by atoms with Crippen LogP contribution in [-0.2, 0) is 4.79 Å². The van der Waals surface area contributed by atoms with Crippen molar-refractivity contribution in [3.63, 3.8) is 0 Å². The Kier molecular flexibility index (Phi) is 5.74. The van der Waals surface area contributed by atoms with Crippen LogP contribution in [0.4, 0.5) is 4.39 Å². The number of hydrazine groups is 1. The van der Waals surface area contributed by atoms with Crippen molar-refractivity contribution in [1.82, 2.24) is 16.0 Å². The number of carbonyl (C=O) groups excluding carboxylic acids is 2. The maximum Gasteiger partial charge on any atom is 0.279 e. The Balaban J connectivity index is 1.94. The second-order valence-corrected chi connectivity index (χ2v) is 5.82. The highest BCUT2D eigenvalue weighted by molar-refractivity contribution is 5.97. The Bertz CT molecular complexity index is 756. The molecular formula is C17H20FN3O4. The number of hydrogen-bond acceptors (Lipinski definition) is 5. The molecule has 2 aromatic rings. The molecule has 2 rings (SSSR count). The first-order valence-corrected chi connectivity index (χ1v) is 7.78. The Labute approximate surface area is 144 Å². The van der Waals surface area contributed by atoms with Gasteiger partial charge in [0, 0.05) is 5.92 Å². The van der Waals surface area contributed by atoms with Crippen molar-refractivity contribution >= 4 is 11.8 Å². The average Bonchev–Trinajstić information content (AvgIpc) is 2.96. The summed E-state index contributed by atoms with van der Waals surface area (Å²) < 4.78 is 23.4. The lowest BCUT2D eigenvalue weighted by Crippen LogP contribution is -2.47. The normalized spacial score (nSPS) is 11.9. The number of ether oxygens (including phenoxy) is 1. The highest BCUT2D eigenvalue weighted by atomic mass is 19.1. The maximum absolute atomic E-state index is 12.9. The molecular weight excluding hydrogens is 329 g/mol. The molecule has 1 atom stereocenters. The van der Waals surface area contributed by atoms with Crippen LogP contribution in [0.5, 0.6) is 5.75 Å². The first-order chi connectivity index (χ1) is 11.8. The molecule has 1 aromatic heterocycles. The van der Waals surface area contributed by atoms with E-state index in [4.69, 9.17) is 9.26 Å². The summed E-state index contributed by atoms with van der Waals surface area (Å²) in [5.74, 6) is -0.727. The fourth-order valence-corrected chi connectivity index (χ4v) is 2.11. The van der Waals surface area contributed by atoms with Gasteiger partial charge in [-0.1, -0.05) is 19.0 Å². The van der Waals surface area contributed by atoms with Gasteiger partial charge in [0.15, 0.2) is 11.9 Å². The zero-order valence-corrected chi connectivity index (χ0v) is 14.4. The predicted octanol–water partition coefficient (Wildman–Crippen LogP) is 2.47. The number of aryl methyl sites for hydroxylation is 1. The minimum Gasteiger partial charge on any atom is -0.481 e. The van der Waals surface area contributed by atoms with Crippen LogP contribution in [-0.4, -0.2) is 23.1 Å². The first kappa shape index (κ1) is 18.4. The van der Waals surface area contributed by atoms with E-state index in [-0.39, 0.29) is 5.92 Å². The van der Waals surface area contributed by atoms with E-state index in [2.05, 4.69) is 16.0 Å². The average molecular weight is 349 g/mol. The number of aromatic nitrogens is 1. The van der Waals surface area contributed by atoms with Gasteiger partial charge in [0.05, 0.1) is 5.69 Å². The zero-order valence-electron chi connectivity index (χ0n) is 14.4. The van der Waals surface area contributed by atoms with E-state index >= 15 is 0 Å². The lowest BCUT2D eigenvalue weighted by Gasteiger charge is -2.15. The maximum atomic E-state index is 12.9. The molecule has 8 heteroatoms. The second-order valence-electron chi connectivity index (χ2n) is 5.82. The molecule has 0 radical (unpaired) electrons. The predicted molar refractivity (Wildman–Crippen MR) is 87.4 cm³/mol. The first-order valence-electron chi connectivity index (χ1n) is 7.78. The van der Waals surface area contributed by atoms with Crippen LogP contribution in [0, 0.1) is 12.7 Å². The topological polar surface area (TPSA) is 93.5 Å². The molecule has 1 aromatic carbocycles. The molecule has 0 aliphatic carbocycles. The van der Waals surface area contributed by atoms with Gasteiger partial charge < -0.3 is 9.26 Å². The summed E-state index contributed by atoms with van der Waals surface area (Å²) in [6.45, 7) is 6.89. The van der Waals surface area contributed by atoms with E-state index in [9.17, 15) is 14.0 Å². The van der Waals surface area contributed by atoms with Crippen LogP contribution < -0.4 is 15.6 Å². The van der Waals surface area contributed by atoms with E-state index in [0.717, 1.165) is 0 Å². The summed E-state index contributed by atoms with van der Waals surface area (Å²) in [6, 6.07) is 5.27. The van der Waals surface area contributed by atoms with E-state index < -0.39 is 23.7 Å². The molecule has 2 N–H and O–H groups in total. The van der Waals surface area contributed by atoms with E-state index in [1.807, 2.05) is 13.8 Å². The Morgan fingerprint density at radius 3 is 2.40 bits per heavy atom. The highest BCUT2D eigenvalue weighted by Crippen LogP contribution is 2.21. The van der Waals surface area contributed by atoms with E-state index in [1.165, 1.54) is 31.2 Å². The van der Waals surface area contributed by atoms with Gasteiger partial charge in [-0.05, 0) is 38.1 Å². The third-order valence-electron chi connectivity index (χ3n) is 3.44. The van der Waals surface area contributed by atoms with Crippen LogP contribution in [0.2, 0.25) is 0 Å². The van der Waals surface area contributed by atoms with Crippen molar-refractivity contribution in [1.29, 1.82) is 0 Å². The third-order valence-corrected chi connectivity index (χ3v) is 3.44. The Hall–Kier alpha value is -2.90. The zero-order chi connectivity index (χ0) is 18.6. The van der Waals surface area contributed by atoms with Gasteiger partial charge >= 0.3 is 0 Å². The summed E-state index contributed by atoms with van der Waals surface area (Å²) in [5.41, 5.74) is 5.34. The summed E-state index contributed by atoms with van der Waals surface area (Å²) in [6.07, 6.45) is -0.890. The standard InChI is InChI=1S/C17H20FN3O4/c1-9(2)15-14(10(3)21-25-15)17(23)20-19-16(22)11(4)24-13-7-5-12(18)6-8-13/h5-9,11H,1-4H3,(H,19,22)(H,20,23)/t11-/m1/s1. The van der Waals surface area contributed by atoms with Crippen molar-refractivity contribution in [2.75, 3.05) is 0 Å². The SMILES string of the molecule is Cc1noc(C(C)C)c1C(=O)NNC(=O)[C@@H](C)Oc1ccc(F)cc1. The lowest BCUT2D eigenvalue weighted by atomic mass is 10.1. The number of halogens is 1. The number of amides is 2. The number of carbonyl (C=O) groups is 2. The molecule has 0 spiro atoms.